The van der Waals surface area contributed by atoms with Gasteiger partial charge < -0.3 is 10.5 Å². The molecule has 0 amide bonds. The van der Waals surface area contributed by atoms with E-state index < -0.39 is 0 Å². The lowest BCUT2D eigenvalue weighted by atomic mass is 10.1. The lowest BCUT2D eigenvalue weighted by Crippen LogP contribution is -2.04. The monoisotopic (exact) mass is 264 g/mol. The first kappa shape index (κ1) is 12.6. The Bertz CT molecular complexity index is 720. The molecule has 3 rings (SSSR count). The molecule has 20 heavy (non-hydrogen) atoms. The molecule has 0 saturated carbocycles. The Labute approximate surface area is 118 Å². The van der Waals surface area contributed by atoms with Crippen LogP contribution in [0.25, 0.3) is 10.9 Å². The molecule has 0 fully saturated rings. The lowest BCUT2D eigenvalue weighted by molar-refractivity contribution is 0.481. The van der Waals surface area contributed by atoms with Gasteiger partial charge in [0.25, 0.3) is 0 Å². The summed E-state index contributed by atoms with van der Waals surface area (Å²) in [6.07, 6.45) is 1.74. The van der Waals surface area contributed by atoms with Crippen molar-refractivity contribution in [3.8, 4) is 11.5 Å². The van der Waals surface area contributed by atoms with Gasteiger partial charge in [-0.1, -0.05) is 30.3 Å². The van der Waals surface area contributed by atoms with Gasteiger partial charge in [0, 0.05) is 11.4 Å². The summed E-state index contributed by atoms with van der Waals surface area (Å²) in [5, 5.41) is 1.07. The molecule has 2 N–H and O–H groups in total. The fourth-order valence-electron chi connectivity index (χ4n) is 2.08. The zero-order valence-electron chi connectivity index (χ0n) is 11.3. The maximum Gasteiger partial charge on any atom is 0.146 e. The minimum absolute atomic E-state index is 0.0337. The number of rotatable bonds is 3. The lowest BCUT2D eigenvalue weighted by Gasteiger charge is -2.09. The first-order chi connectivity index (χ1) is 9.72. The maximum atomic E-state index is 5.83. The number of aromatic nitrogens is 1. The van der Waals surface area contributed by atoms with Crippen molar-refractivity contribution in [2.24, 2.45) is 5.73 Å². The predicted molar refractivity (Wildman–Crippen MR) is 80.9 cm³/mol. The average Bonchev–Trinajstić information content (AvgIpc) is 2.48. The Hall–Kier alpha value is -2.39. The summed E-state index contributed by atoms with van der Waals surface area (Å²) in [6.45, 7) is 1.96. The highest BCUT2D eigenvalue weighted by Gasteiger charge is 2.02. The molecule has 1 heterocycles. The van der Waals surface area contributed by atoms with Crippen LogP contribution >= 0.6 is 0 Å². The van der Waals surface area contributed by atoms with Crippen LogP contribution in [-0.2, 0) is 0 Å². The summed E-state index contributed by atoms with van der Waals surface area (Å²) in [5.41, 5.74) is 7.88. The van der Waals surface area contributed by atoms with E-state index in [4.69, 9.17) is 10.5 Å². The molecule has 0 aliphatic carbocycles. The first-order valence-electron chi connectivity index (χ1n) is 6.60. The van der Waals surface area contributed by atoms with Gasteiger partial charge in [-0.15, -0.1) is 0 Å². The number of ether oxygens (including phenoxy) is 1. The van der Waals surface area contributed by atoms with E-state index >= 15 is 0 Å². The quantitative estimate of drug-likeness (QED) is 0.776. The van der Waals surface area contributed by atoms with Crippen LogP contribution < -0.4 is 10.5 Å². The fourth-order valence-corrected chi connectivity index (χ4v) is 2.08. The van der Waals surface area contributed by atoms with Gasteiger partial charge in [-0.3, -0.25) is 4.98 Å². The topological polar surface area (TPSA) is 48.1 Å². The largest absolute Gasteiger partial charge is 0.456 e. The third-order valence-electron chi connectivity index (χ3n) is 3.21. The van der Waals surface area contributed by atoms with Gasteiger partial charge >= 0.3 is 0 Å². The highest BCUT2D eigenvalue weighted by molar-refractivity contribution is 5.79. The molecule has 1 unspecified atom stereocenters. The van der Waals surface area contributed by atoms with Crippen LogP contribution in [0.3, 0.4) is 0 Å². The van der Waals surface area contributed by atoms with Gasteiger partial charge in [-0.2, -0.15) is 0 Å². The summed E-state index contributed by atoms with van der Waals surface area (Å²) >= 11 is 0. The molecule has 1 aromatic heterocycles. The molecule has 0 aliphatic heterocycles. The second kappa shape index (κ2) is 5.31. The van der Waals surface area contributed by atoms with Crippen molar-refractivity contribution in [1.29, 1.82) is 0 Å². The number of hydrogen-bond acceptors (Lipinski definition) is 3. The second-order valence-corrected chi connectivity index (χ2v) is 4.82. The highest BCUT2D eigenvalue weighted by atomic mass is 16.5. The Balaban J connectivity index is 1.85. The first-order valence-corrected chi connectivity index (χ1v) is 6.60. The molecule has 100 valence electrons. The van der Waals surface area contributed by atoms with E-state index in [2.05, 4.69) is 4.98 Å². The molecule has 0 bridgehead atoms. The van der Waals surface area contributed by atoms with Gasteiger partial charge in [0.2, 0.25) is 0 Å². The standard InChI is InChI=1S/C17H16N2O/c1-12(18)13-6-8-15(9-7-13)20-16-10-14-4-2-3-5-17(14)19-11-16/h2-12H,18H2,1H3. The summed E-state index contributed by atoms with van der Waals surface area (Å²) in [4.78, 5) is 4.38. The van der Waals surface area contributed by atoms with Crippen molar-refractivity contribution in [3.63, 3.8) is 0 Å². The Morgan fingerprint density at radius 2 is 1.75 bits per heavy atom. The van der Waals surface area contributed by atoms with Crippen molar-refractivity contribution in [3.05, 3.63) is 66.4 Å². The molecular formula is C17H16N2O. The third-order valence-corrected chi connectivity index (χ3v) is 3.21. The molecule has 0 spiro atoms. The van der Waals surface area contributed by atoms with Crippen LogP contribution in [-0.4, -0.2) is 4.98 Å². The number of pyridine rings is 1. The fraction of sp³-hybridized carbons (Fsp3) is 0.118. The molecule has 3 nitrogen and oxygen atoms in total. The van der Waals surface area contributed by atoms with Crippen LogP contribution in [0.15, 0.2) is 60.8 Å². The van der Waals surface area contributed by atoms with E-state index in [0.717, 1.165) is 28.0 Å². The normalized spacial score (nSPS) is 12.3. The number of nitrogens with two attached hydrogens (primary N) is 1. The van der Waals surface area contributed by atoms with Crippen LogP contribution in [0.2, 0.25) is 0 Å². The zero-order valence-corrected chi connectivity index (χ0v) is 11.3. The smallest absolute Gasteiger partial charge is 0.146 e. The van der Waals surface area contributed by atoms with Crippen LogP contribution in [0, 0.1) is 0 Å². The number of fused-ring (bicyclic) bond motifs is 1. The molecule has 2 aromatic carbocycles. The van der Waals surface area contributed by atoms with Crippen molar-refractivity contribution in [1.82, 2.24) is 4.98 Å². The number of hydrogen-bond donors (Lipinski definition) is 1. The SMILES string of the molecule is CC(N)c1ccc(Oc2cnc3ccccc3c2)cc1. The maximum absolute atomic E-state index is 5.83. The van der Waals surface area contributed by atoms with E-state index in [1.807, 2.05) is 61.5 Å². The van der Waals surface area contributed by atoms with E-state index in [0.29, 0.717) is 0 Å². The second-order valence-electron chi connectivity index (χ2n) is 4.82. The zero-order chi connectivity index (χ0) is 13.9. The van der Waals surface area contributed by atoms with E-state index in [9.17, 15) is 0 Å². The van der Waals surface area contributed by atoms with Gasteiger partial charge in [0.05, 0.1) is 11.7 Å². The summed E-state index contributed by atoms with van der Waals surface area (Å²) in [6, 6.07) is 17.8. The molecule has 0 aliphatic rings. The summed E-state index contributed by atoms with van der Waals surface area (Å²) < 4.78 is 5.82. The summed E-state index contributed by atoms with van der Waals surface area (Å²) in [5.74, 6) is 1.52. The third kappa shape index (κ3) is 2.63. The van der Waals surface area contributed by atoms with Crippen LogP contribution in [0.4, 0.5) is 0 Å². The van der Waals surface area contributed by atoms with Gasteiger partial charge in [0.15, 0.2) is 0 Å². The van der Waals surface area contributed by atoms with Crippen LogP contribution in [0.1, 0.15) is 18.5 Å². The van der Waals surface area contributed by atoms with E-state index in [-0.39, 0.29) is 6.04 Å². The number of nitrogens with zero attached hydrogens (tertiary/aromatic N) is 1. The predicted octanol–water partition coefficient (Wildman–Crippen LogP) is 4.05. The van der Waals surface area contributed by atoms with E-state index in [1.54, 1.807) is 6.20 Å². The Kier molecular flexibility index (Phi) is 3.35. The Morgan fingerprint density at radius 1 is 1.00 bits per heavy atom. The molecule has 3 aromatic rings. The van der Waals surface area contributed by atoms with Gasteiger partial charge in [-0.25, -0.2) is 0 Å². The molecular weight excluding hydrogens is 248 g/mol. The van der Waals surface area contributed by atoms with Crippen LogP contribution in [0.5, 0.6) is 11.5 Å². The molecule has 1 atom stereocenters. The minimum atomic E-state index is 0.0337. The highest BCUT2D eigenvalue weighted by Crippen LogP contribution is 2.25. The van der Waals surface area contributed by atoms with Crippen molar-refractivity contribution >= 4 is 10.9 Å². The van der Waals surface area contributed by atoms with E-state index in [1.165, 1.54) is 0 Å². The molecule has 3 heteroatoms. The molecule has 0 radical (unpaired) electrons. The minimum Gasteiger partial charge on any atom is -0.456 e. The molecule has 0 saturated heterocycles. The summed E-state index contributed by atoms with van der Waals surface area (Å²) in [7, 11) is 0. The van der Waals surface area contributed by atoms with Gasteiger partial charge in [0.1, 0.15) is 11.5 Å². The van der Waals surface area contributed by atoms with Crippen molar-refractivity contribution < 1.29 is 4.74 Å². The van der Waals surface area contributed by atoms with Crippen molar-refractivity contribution in [2.45, 2.75) is 13.0 Å². The van der Waals surface area contributed by atoms with Gasteiger partial charge in [-0.05, 0) is 36.8 Å². The number of benzene rings is 2. The average molecular weight is 264 g/mol. The Morgan fingerprint density at radius 3 is 2.50 bits per heavy atom. The number of para-hydroxylation sites is 1. The van der Waals surface area contributed by atoms with Crippen molar-refractivity contribution in [2.75, 3.05) is 0 Å².